The van der Waals surface area contributed by atoms with Crippen molar-refractivity contribution in [3.63, 3.8) is 0 Å². The number of nitrogens with zero attached hydrogens (tertiary/aromatic N) is 4. The first-order chi connectivity index (χ1) is 30.2. The number of hydrogen-bond acceptors (Lipinski definition) is 6. The lowest BCUT2D eigenvalue weighted by atomic mass is 9.73. The number of halogens is 3. The number of fused-ring (bicyclic) bond motifs is 1. The van der Waals surface area contributed by atoms with Crippen molar-refractivity contribution < 1.29 is 18.3 Å². The van der Waals surface area contributed by atoms with E-state index in [1.54, 1.807) is 16.8 Å². The largest absolute Gasteiger partial charge is 0.494 e. The number of nitrogens with one attached hydrogen (secondary N) is 2. The van der Waals surface area contributed by atoms with Crippen LogP contribution < -0.4 is 10.3 Å². The van der Waals surface area contributed by atoms with Gasteiger partial charge in [0.1, 0.15) is 29.5 Å². The smallest absolute Gasteiger partial charge is 0.272 e. The van der Waals surface area contributed by atoms with E-state index in [4.69, 9.17) is 21.1 Å². The lowest BCUT2D eigenvalue weighted by Crippen LogP contribution is -2.27. The SMILES string of the molecule is CC/C(=C(/c1ccc(OCCCOCCCc2ccc([C@H]3Cc4cc(F)cc5c(=O)[nH]nc(c45)[C@@H]3c3ncnn3C)cc2)cc1)c1ccc2[nH]ccc2c1)c1ccc(Cl)cc1F. The standard InChI is InChI=1S/C50H45ClF2N6O3/c1-3-39(40-17-14-36(51)27-43(40)53)45(34-13-18-44-33(24-34)19-20-54-44)32-11-15-38(16-12-32)62-23-5-22-61-21-4-6-30-7-9-31(10-8-30)41-26-35-25-37(52)28-42-46(35)48(57-58-50(42)60)47(41)49-55-29-56-59(49)2/h7-20,24-25,27-29,41,47,54H,3-6,21-23,26H2,1-2H3,(H,58,60)/b45-39+/t41-,47-/m1/s1. The summed E-state index contributed by atoms with van der Waals surface area (Å²) >= 11 is 6.12. The topological polar surface area (TPSA) is 111 Å². The van der Waals surface area contributed by atoms with Crippen molar-refractivity contribution in [2.75, 3.05) is 19.8 Å². The lowest BCUT2D eigenvalue weighted by Gasteiger charge is -2.32. The Morgan fingerprint density at radius 3 is 2.48 bits per heavy atom. The first kappa shape index (κ1) is 40.9. The molecule has 5 aromatic carbocycles. The van der Waals surface area contributed by atoms with Crippen LogP contribution in [0.2, 0.25) is 5.02 Å². The fraction of sp³-hybridized carbons (Fsp3) is 0.240. The van der Waals surface area contributed by atoms with E-state index >= 15 is 4.39 Å². The maximum Gasteiger partial charge on any atom is 0.272 e. The molecular weight excluding hydrogens is 806 g/mol. The fourth-order valence-corrected chi connectivity index (χ4v) is 9.10. The third-order valence-electron chi connectivity index (χ3n) is 11.9. The van der Waals surface area contributed by atoms with E-state index < -0.39 is 11.4 Å². The molecule has 3 aromatic heterocycles. The Morgan fingerprint density at radius 1 is 0.903 bits per heavy atom. The highest BCUT2D eigenvalue weighted by Gasteiger charge is 2.38. The average molecular weight is 851 g/mol. The molecule has 0 saturated carbocycles. The molecule has 62 heavy (non-hydrogen) atoms. The van der Waals surface area contributed by atoms with Crippen LogP contribution in [0.4, 0.5) is 8.78 Å². The van der Waals surface area contributed by atoms with Crippen molar-refractivity contribution in [1.82, 2.24) is 29.9 Å². The molecule has 0 aliphatic heterocycles. The van der Waals surface area contributed by atoms with Gasteiger partial charge in [-0.25, -0.2) is 18.9 Å². The molecule has 1 aliphatic carbocycles. The maximum absolute atomic E-state index is 15.3. The average Bonchev–Trinajstić information content (AvgIpc) is 3.93. The summed E-state index contributed by atoms with van der Waals surface area (Å²) < 4.78 is 43.8. The molecule has 1 aliphatic rings. The zero-order valence-corrected chi connectivity index (χ0v) is 35.2. The molecule has 0 fully saturated rings. The number of aryl methyl sites for hydroxylation is 2. The predicted molar refractivity (Wildman–Crippen MR) is 240 cm³/mol. The molecule has 314 valence electrons. The Kier molecular flexibility index (Phi) is 11.8. The summed E-state index contributed by atoms with van der Waals surface area (Å²) in [6.45, 7) is 3.76. The van der Waals surface area contributed by atoms with Gasteiger partial charge in [0.15, 0.2) is 0 Å². The van der Waals surface area contributed by atoms with Gasteiger partial charge in [-0.3, -0.25) is 9.48 Å². The van der Waals surface area contributed by atoms with Crippen LogP contribution in [0.25, 0.3) is 32.8 Å². The minimum absolute atomic E-state index is 0.0914. The molecule has 2 N–H and O–H groups in total. The number of aromatic amines is 2. The molecule has 8 aromatic rings. The Morgan fingerprint density at radius 2 is 1.71 bits per heavy atom. The summed E-state index contributed by atoms with van der Waals surface area (Å²) in [5.74, 6) is 0.323. The number of hydrogen-bond donors (Lipinski definition) is 2. The van der Waals surface area contributed by atoms with E-state index in [0.717, 1.165) is 75.1 Å². The molecule has 0 unspecified atom stereocenters. The van der Waals surface area contributed by atoms with Gasteiger partial charge < -0.3 is 14.5 Å². The molecule has 3 heterocycles. The third kappa shape index (κ3) is 8.30. The number of benzene rings is 5. The molecule has 0 bridgehead atoms. The van der Waals surface area contributed by atoms with Crippen molar-refractivity contribution in [3.05, 3.63) is 188 Å². The quantitative estimate of drug-likeness (QED) is 0.0785. The minimum atomic E-state index is -0.441. The molecule has 0 spiro atoms. The van der Waals surface area contributed by atoms with Gasteiger partial charge in [-0.15, -0.1) is 0 Å². The van der Waals surface area contributed by atoms with Gasteiger partial charge in [-0.05, 0) is 125 Å². The molecule has 12 heteroatoms. The van der Waals surface area contributed by atoms with E-state index in [9.17, 15) is 9.18 Å². The van der Waals surface area contributed by atoms with E-state index in [-0.39, 0.29) is 17.7 Å². The summed E-state index contributed by atoms with van der Waals surface area (Å²) in [4.78, 5) is 20.5. The highest BCUT2D eigenvalue weighted by atomic mass is 35.5. The monoisotopic (exact) mass is 850 g/mol. The zero-order valence-electron chi connectivity index (χ0n) is 34.4. The predicted octanol–water partition coefficient (Wildman–Crippen LogP) is 10.7. The van der Waals surface area contributed by atoms with Crippen LogP contribution in [0.1, 0.15) is 82.9 Å². The highest BCUT2D eigenvalue weighted by Crippen LogP contribution is 2.46. The van der Waals surface area contributed by atoms with Crippen molar-refractivity contribution >= 4 is 44.4 Å². The van der Waals surface area contributed by atoms with E-state index in [1.165, 1.54) is 30.1 Å². The summed E-state index contributed by atoms with van der Waals surface area (Å²) in [6.07, 6.45) is 7.06. The lowest BCUT2D eigenvalue weighted by molar-refractivity contribution is 0.117. The summed E-state index contributed by atoms with van der Waals surface area (Å²) in [7, 11) is 1.85. The summed E-state index contributed by atoms with van der Waals surface area (Å²) in [5, 5.41) is 13.8. The highest BCUT2D eigenvalue weighted by molar-refractivity contribution is 6.30. The van der Waals surface area contributed by atoms with Crippen LogP contribution in [0.5, 0.6) is 5.75 Å². The summed E-state index contributed by atoms with van der Waals surface area (Å²) in [6, 6.07) is 32.5. The van der Waals surface area contributed by atoms with Gasteiger partial charge in [0, 0.05) is 60.3 Å². The Bertz CT molecular complexity index is 2980. The van der Waals surface area contributed by atoms with Crippen LogP contribution in [0, 0.1) is 11.6 Å². The van der Waals surface area contributed by atoms with Gasteiger partial charge in [0.05, 0.1) is 23.6 Å². The second-order valence-electron chi connectivity index (χ2n) is 15.8. The normalized spacial score (nSPS) is 15.3. The number of allylic oxidation sites excluding steroid dienone is 1. The van der Waals surface area contributed by atoms with Crippen LogP contribution in [0.15, 0.2) is 120 Å². The number of rotatable bonds is 15. The second kappa shape index (κ2) is 17.9. The zero-order chi connectivity index (χ0) is 42.7. The Labute approximate surface area is 362 Å². The van der Waals surface area contributed by atoms with Crippen LogP contribution >= 0.6 is 11.6 Å². The van der Waals surface area contributed by atoms with Gasteiger partial charge in [-0.2, -0.15) is 10.2 Å². The number of H-pyrrole nitrogens is 2. The first-order valence-corrected chi connectivity index (χ1v) is 21.3. The van der Waals surface area contributed by atoms with Gasteiger partial charge in [0.2, 0.25) is 0 Å². The molecule has 0 saturated heterocycles. The van der Waals surface area contributed by atoms with Crippen molar-refractivity contribution in [2.24, 2.45) is 7.05 Å². The van der Waals surface area contributed by atoms with Crippen molar-refractivity contribution in [1.29, 1.82) is 0 Å². The van der Waals surface area contributed by atoms with E-state index in [0.29, 0.717) is 59.7 Å². The molecule has 0 radical (unpaired) electrons. The second-order valence-corrected chi connectivity index (χ2v) is 16.2. The molecule has 2 atom stereocenters. The van der Waals surface area contributed by atoms with Crippen molar-refractivity contribution in [2.45, 2.75) is 50.9 Å². The van der Waals surface area contributed by atoms with Gasteiger partial charge in [-0.1, -0.05) is 67.1 Å². The fourth-order valence-electron chi connectivity index (χ4n) is 8.94. The molecule has 9 nitrogen and oxygen atoms in total. The van der Waals surface area contributed by atoms with Gasteiger partial charge in [0.25, 0.3) is 5.56 Å². The third-order valence-corrected chi connectivity index (χ3v) is 12.1. The Balaban J connectivity index is 0.789. The minimum Gasteiger partial charge on any atom is -0.494 e. The molecule has 0 amide bonds. The van der Waals surface area contributed by atoms with E-state index in [2.05, 4.69) is 67.7 Å². The maximum atomic E-state index is 15.3. The van der Waals surface area contributed by atoms with Crippen LogP contribution in [-0.2, 0) is 24.6 Å². The molecular formula is C50H45ClF2N6O3. The number of ether oxygens (including phenoxy) is 2. The summed E-state index contributed by atoms with van der Waals surface area (Å²) in [5.41, 5.74) is 8.69. The van der Waals surface area contributed by atoms with Crippen molar-refractivity contribution in [3.8, 4) is 5.75 Å². The van der Waals surface area contributed by atoms with Gasteiger partial charge >= 0.3 is 0 Å². The molecule has 9 rings (SSSR count). The first-order valence-electron chi connectivity index (χ1n) is 21.0. The number of aromatic nitrogens is 6. The van der Waals surface area contributed by atoms with Crippen LogP contribution in [-0.4, -0.2) is 49.8 Å². The van der Waals surface area contributed by atoms with E-state index in [1.807, 2.05) is 50.5 Å². The Hall–Kier alpha value is -6.43. The van der Waals surface area contributed by atoms with Crippen LogP contribution in [0.3, 0.4) is 0 Å².